The molecule has 3 N–H and O–H groups in total. The Hall–Kier alpha value is -3.65. The van der Waals surface area contributed by atoms with Crippen LogP contribution < -0.4 is 10.6 Å². The molecule has 3 aromatic rings. The number of carbonyl (C=O) groups excluding carboxylic acids is 3. The number of nitrogens with one attached hydrogen (secondary N) is 2. The van der Waals surface area contributed by atoms with Gasteiger partial charge in [0.15, 0.2) is 0 Å². The molecule has 29 heavy (non-hydrogen) atoms. The lowest BCUT2D eigenvalue weighted by atomic mass is 10.1. The van der Waals surface area contributed by atoms with Gasteiger partial charge in [-0.15, -0.1) is 0 Å². The van der Waals surface area contributed by atoms with E-state index >= 15 is 0 Å². The van der Waals surface area contributed by atoms with Crippen molar-refractivity contribution in [3.8, 4) is 0 Å². The number of benzene rings is 2. The van der Waals surface area contributed by atoms with Gasteiger partial charge in [-0.25, -0.2) is 4.79 Å². The Morgan fingerprint density at radius 3 is 2.48 bits per heavy atom. The lowest BCUT2D eigenvalue weighted by Crippen LogP contribution is -2.37. The van der Waals surface area contributed by atoms with Crippen molar-refractivity contribution in [2.75, 3.05) is 19.0 Å². The van der Waals surface area contributed by atoms with Crippen LogP contribution in [0, 0.1) is 0 Å². The number of anilines is 1. The molecule has 0 spiro atoms. The third-order valence-corrected chi connectivity index (χ3v) is 4.52. The number of aryl methyl sites for hydroxylation is 1. The Balaban J connectivity index is 1.54. The van der Waals surface area contributed by atoms with Crippen LogP contribution in [0.1, 0.15) is 22.0 Å². The fraction of sp³-hybridized carbons (Fsp3) is 0.190. The van der Waals surface area contributed by atoms with Crippen LogP contribution in [-0.2, 0) is 21.4 Å². The predicted octanol–water partition coefficient (Wildman–Crippen LogP) is 1.75. The summed E-state index contributed by atoms with van der Waals surface area (Å²) < 4.78 is 6.56. The first-order valence-corrected chi connectivity index (χ1v) is 8.89. The summed E-state index contributed by atoms with van der Waals surface area (Å²) in [4.78, 5) is 35.4. The van der Waals surface area contributed by atoms with Crippen LogP contribution in [0.2, 0.25) is 0 Å². The number of esters is 1. The van der Waals surface area contributed by atoms with E-state index in [0.29, 0.717) is 16.8 Å². The third kappa shape index (κ3) is 4.61. The number of methoxy groups -OCH3 is 1. The molecule has 0 aliphatic rings. The molecule has 8 heteroatoms. The molecule has 1 unspecified atom stereocenters. The molecular weight excluding hydrogens is 374 g/mol. The summed E-state index contributed by atoms with van der Waals surface area (Å²) in [6, 6.07) is 13.4. The summed E-state index contributed by atoms with van der Waals surface area (Å²) in [5.74, 6) is -2.24. The van der Waals surface area contributed by atoms with Crippen molar-refractivity contribution >= 4 is 34.4 Å². The van der Waals surface area contributed by atoms with Gasteiger partial charge in [0.25, 0.3) is 0 Å². The maximum absolute atomic E-state index is 12.0. The minimum absolute atomic E-state index is 0.105. The topological polar surface area (TPSA) is 110 Å². The molecule has 0 bridgehead atoms. The van der Waals surface area contributed by atoms with Gasteiger partial charge in [-0.2, -0.15) is 0 Å². The number of nitrogens with zero attached hydrogens (tertiary/aromatic N) is 1. The first-order chi connectivity index (χ1) is 13.9. The highest BCUT2D eigenvalue weighted by Gasteiger charge is 2.17. The number of fused-ring (bicyclic) bond motifs is 1. The first-order valence-electron chi connectivity index (χ1n) is 8.89. The molecule has 0 aliphatic carbocycles. The second-order valence-corrected chi connectivity index (χ2v) is 6.49. The molecule has 3 rings (SSSR count). The molecule has 0 saturated carbocycles. The van der Waals surface area contributed by atoms with Crippen LogP contribution >= 0.6 is 0 Å². The van der Waals surface area contributed by atoms with Crippen molar-refractivity contribution in [3.63, 3.8) is 0 Å². The molecule has 0 saturated heterocycles. The Bertz CT molecular complexity index is 1060. The SMILES string of the molecule is COC(=O)c1ccc(NC(=O)C(=O)NCC(O)c2ccc3c(ccn3C)c2)cc1. The Morgan fingerprint density at radius 2 is 1.79 bits per heavy atom. The summed E-state index contributed by atoms with van der Waals surface area (Å²) >= 11 is 0. The molecule has 2 aromatic carbocycles. The average molecular weight is 395 g/mol. The van der Waals surface area contributed by atoms with Gasteiger partial charge in [0.2, 0.25) is 0 Å². The van der Waals surface area contributed by atoms with E-state index in [4.69, 9.17) is 0 Å². The van der Waals surface area contributed by atoms with Gasteiger partial charge in [-0.1, -0.05) is 6.07 Å². The largest absolute Gasteiger partial charge is 0.465 e. The highest BCUT2D eigenvalue weighted by Crippen LogP contribution is 2.20. The second kappa shape index (κ2) is 8.57. The quantitative estimate of drug-likeness (QED) is 0.450. The Labute approximate surface area is 167 Å². The van der Waals surface area contributed by atoms with E-state index < -0.39 is 23.9 Å². The zero-order valence-corrected chi connectivity index (χ0v) is 16.0. The van der Waals surface area contributed by atoms with E-state index in [1.807, 2.05) is 36.0 Å². The number of carbonyl (C=O) groups is 3. The van der Waals surface area contributed by atoms with Crippen molar-refractivity contribution in [1.82, 2.24) is 9.88 Å². The number of hydrogen-bond acceptors (Lipinski definition) is 5. The van der Waals surface area contributed by atoms with Gasteiger partial charge in [0.05, 0.1) is 18.8 Å². The van der Waals surface area contributed by atoms with Crippen molar-refractivity contribution in [3.05, 3.63) is 65.9 Å². The number of aliphatic hydroxyl groups excluding tert-OH is 1. The monoisotopic (exact) mass is 395 g/mol. The van der Waals surface area contributed by atoms with Crippen LogP contribution in [0.3, 0.4) is 0 Å². The fourth-order valence-corrected chi connectivity index (χ4v) is 2.89. The fourth-order valence-electron chi connectivity index (χ4n) is 2.89. The summed E-state index contributed by atoms with van der Waals surface area (Å²) in [7, 11) is 3.20. The van der Waals surface area contributed by atoms with Crippen LogP contribution in [0.25, 0.3) is 10.9 Å². The van der Waals surface area contributed by atoms with Crippen molar-refractivity contribution in [2.45, 2.75) is 6.10 Å². The van der Waals surface area contributed by atoms with Crippen molar-refractivity contribution in [1.29, 1.82) is 0 Å². The van der Waals surface area contributed by atoms with E-state index in [2.05, 4.69) is 15.4 Å². The van der Waals surface area contributed by atoms with E-state index in [0.717, 1.165) is 10.9 Å². The van der Waals surface area contributed by atoms with E-state index in [-0.39, 0.29) is 6.54 Å². The smallest absolute Gasteiger partial charge is 0.337 e. The average Bonchev–Trinajstić information content (AvgIpc) is 3.11. The van der Waals surface area contributed by atoms with Gasteiger partial charge in [-0.05, 0) is 53.4 Å². The van der Waals surface area contributed by atoms with Crippen LogP contribution in [-0.4, -0.2) is 41.1 Å². The summed E-state index contributed by atoms with van der Waals surface area (Å²) in [5.41, 5.74) is 2.35. The van der Waals surface area contributed by atoms with Crippen molar-refractivity contribution < 1.29 is 24.2 Å². The predicted molar refractivity (Wildman–Crippen MR) is 107 cm³/mol. The minimum atomic E-state index is -0.948. The third-order valence-electron chi connectivity index (χ3n) is 4.52. The summed E-state index contributed by atoms with van der Waals surface area (Å²) in [5, 5.41) is 16.1. The Kier molecular flexibility index (Phi) is 5.94. The number of aromatic nitrogens is 1. The second-order valence-electron chi connectivity index (χ2n) is 6.49. The maximum Gasteiger partial charge on any atom is 0.337 e. The molecule has 2 amide bonds. The number of hydrogen-bond donors (Lipinski definition) is 3. The lowest BCUT2D eigenvalue weighted by molar-refractivity contribution is -0.136. The number of amides is 2. The molecule has 1 atom stereocenters. The Morgan fingerprint density at radius 1 is 1.07 bits per heavy atom. The van der Waals surface area contributed by atoms with E-state index in [1.165, 1.54) is 31.4 Å². The maximum atomic E-state index is 12.0. The van der Waals surface area contributed by atoms with E-state index in [9.17, 15) is 19.5 Å². The molecule has 150 valence electrons. The normalized spacial score (nSPS) is 11.7. The zero-order valence-electron chi connectivity index (χ0n) is 16.0. The van der Waals surface area contributed by atoms with Gasteiger partial charge >= 0.3 is 17.8 Å². The zero-order chi connectivity index (χ0) is 21.0. The summed E-state index contributed by atoms with van der Waals surface area (Å²) in [6.45, 7) is -0.105. The molecule has 0 aliphatic heterocycles. The van der Waals surface area contributed by atoms with Gasteiger partial charge in [0.1, 0.15) is 0 Å². The van der Waals surface area contributed by atoms with Gasteiger partial charge in [-0.3, -0.25) is 9.59 Å². The number of aliphatic hydroxyl groups is 1. The van der Waals surface area contributed by atoms with E-state index in [1.54, 1.807) is 6.07 Å². The van der Waals surface area contributed by atoms with Gasteiger partial charge in [0, 0.05) is 31.0 Å². The van der Waals surface area contributed by atoms with Crippen molar-refractivity contribution in [2.24, 2.45) is 7.05 Å². The first kappa shape index (κ1) is 20.1. The molecule has 0 fully saturated rings. The molecule has 1 aromatic heterocycles. The lowest BCUT2D eigenvalue weighted by Gasteiger charge is -2.13. The molecule has 8 nitrogen and oxygen atoms in total. The molecule has 0 radical (unpaired) electrons. The highest BCUT2D eigenvalue weighted by molar-refractivity contribution is 6.39. The molecular formula is C21H21N3O5. The minimum Gasteiger partial charge on any atom is -0.465 e. The van der Waals surface area contributed by atoms with Crippen LogP contribution in [0.5, 0.6) is 0 Å². The standard InChI is InChI=1S/C21H21N3O5/c1-24-10-9-14-11-15(5-8-17(14)24)18(25)12-22-19(26)20(27)23-16-6-3-13(4-7-16)21(28)29-2/h3-11,18,25H,12H2,1-2H3,(H,22,26)(H,23,27). The van der Waals surface area contributed by atoms with Crippen LogP contribution in [0.15, 0.2) is 54.7 Å². The summed E-state index contributed by atoms with van der Waals surface area (Å²) in [6.07, 6.45) is 0.973. The van der Waals surface area contributed by atoms with Crippen LogP contribution in [0.4, 0.5) is 5.69 Å². The highest BCUT2D eigenvalue weighted by atomic mass is 16.5. The van der Waals surface area contributed by atoms with Gasteiger partial charge < -0.3 is 25.0 Å². The molecule has 1 heterocycles. The number of ether oxygens (including phenoxy) is 1. The number of rotatable bonds is 5.